The van der Waals surface area contributed by atoms with Gasteiger partial charge < -0.3 is 0 Å². The number of hydrogen-bond donors (Lipinski definition) is 1. The SMILES string of the molecule is CC.O=P(Cl)(Cl)Cl.O=c1ccc(-c2ccccc2)n[nH]1. The summed E-state index contributed by atoms with van der Waals surface area (Å²) in [7, 11) is 0. The van der Waals surface area contributed by atoms with E-state index >= 15 is 0 Å². The zero-order valence-electron chi connectivity index (χ0n) is 10.9. The fourth-order valence-corrected chi connectivity index (χ4v) is 1.11. The standard InChI is InChI=1S/C10H8N2O.C2H6.Cl3OP/c13-10-7-6-9(11-12-10)8-4-2-1-3-5-8;1-2;1-5(2,3)4/h1-7H,(H,12,13);1-2H3;. The summed E-state index contributed by atoms with van der Waals surface area (Å²) >= 11 is 13.8. The molecule has 0 atom stereocenters. The van der Waals surface area contributed by atoms with Crippen molar-refractivity contribution in [2.75, 3.05) is 0 Å². The summed E-state index contributed by atoms with van der Waals surface area (Å²) < 4.78 is 9.51. The molecule has 0 aliphatic rings. The number of H-pyrrole nitrogens is 1. The molecule has 2 rings (SSSR count). The van der Waals surface area contributed by atoms with Gasteiger partial charge in [-0.2, -0.15) is 5.10 Å². The molecule has 20 heavy (non-hydrogen) atoms. The Balaban J connectivity index is 0.000000441. The zero-order chi connectivity index (χ0) is 15.6. The highest BCUT2D eigenvalue weighted by atomic mass is 36.0. The first kappa shape index (κ1) is 19.2. The van der Waals surface area contributed by atoms with Crippen molar-refractivity contribution in [2.45, 2.75) is 13.8 Å². The largest absolute Gasteiger partial charge is 0.339 e. The van der Waals surface area contributed by atoms with Gasteiger partial charge in [0.1, 0.15) is 0 Å². The fourth-order valence-electron chi connectivity index (χ4n) is 1.11. The van der Waals surface area contributed by atoms with Crippen molar-refractivity contribution in [1.82, 2.24) is 10.2 Å². The van der Waals surface area contributed by atoms with Crippen LogP contribution >= 0.6 is 38.9 Å². The third-order valence-corrected chi connectivity index (χ3v) is 1.75. The van der Waals surface area contributed by atoms with Gasteiger partial charge in [0.15, 0.2) is 0 Å². The van der Waals surface area contributed by atoms with E-state index in [-0.39, 0.29) is 5.56 Å². The molecule has 0 radical (unpaired) electrons. The van der Waals surface area contributed by atoms with Crippen molar-refractivity contribution in [1.29, 1.82) is 0 Å². The molecular weight excluding hydrogens is 341 g/mol. The summed E-state index contributed by atoms with van der Waals surface area (Å²) in [6.07, 6.45) is 0. The minimum atomic E-state index is -3.22. The van der Waals surface area contributed by atoms with Gasteiger partial charge in [-0.05, 0) is 39.8 Å². The summed E-state index contributed by atoms with van der Waals surface area (Å²) in [4.78, 5) is 10.7. The van der Waals surface area contributed by atoms with Gasteiger partial charge in [0.2, 0.25) is 0 Å². The summed E-state index contributed by atoms with van der Waals surface area (Å²) in [5, 5.41) is 3.08. The lowest BCUT2D eigenvalue weighted by molar-refractivity contribution is 0.600. The van der Waals surface area contributed by atoms with E-state index in [4.69, 9.17) is 0 Å². The monoisotopic (exact) mass is 354 g/mol. The van der Waals surface area contributed by atoms with Crippen molar-refractivity contribution >= 4 is 38.9 Å². The average molecular weight is 356 g/mol. The van der Waals surface area contributed by atoms with Gasteiger partial charge in [-0.1, -0.05) is 44.2 Å². The van der Waals surface area contributed by atoms with E-state index in [1.54, 1.807) is 6.07 Å². The lowest BCUT2D eigenvalue weighted by atomic mass is 10.1. The van der Waals surface area contributed by atoms with Crippen molar-refractivity contribution < 1.29 is 4.57 Å². The van der Waals surface area contributed by atoms with Gasteiger partial charge in [-0.15, -0.1) is 0 Å². The molecule has 110 valence electrons. The second-order valence-electron chi connectivity index (χ2n) is 3.07. The molecule has 0 amide bonds. The van der Waals surface area contributed by atoms with E-state index in [1.165, 1.54) is 6.07 Å². The second kappa shape index (κ2) is 10.0. The van der Waals surface area contributed by atoms with Crippen molar-refractivity contribution in [3.05, 3.63) is 52.8 Å². The number of nitrogens with zero attached hydrogens (tertiary/aromatic N) is 1. The minimum absolute atomic E-state index is 0.181. The van der Waals surface area contributed by atoms with E-state index in [0.717, 1.165) is 11.3 Å². The molecule has 0 saturated carbocycles. The Morgan fingerprint density at radius 1 is 1.00 bits per heavy atom. The van der Waals surface area contributed by atoms with Crippen LogP contribution in [0.4, 0.5) is 0 Å². The minimum Gasteiger partial charge on any atom is -0.271 e. The first-order valence-electron chi connectivity index (χ1n) is 5.66. The lowest BCUT2D eigenvalue weighted by Crippen LogP contribution is -2.05. The van der Waals surface area contributed by atoms with E-state index in [0.29, 0.717) is 0 Å². The first-order chi connectivity index (χ1) is 9.36. The van der Waals surface area contributed by atoms with E-state index in [1.807, 2.05) is 44.2 Å². The highest BCUT2D eigenvalue weighted by Gasteiger charge is 2.03. The number of nitrogens with one attached hydrogen (secondary N) is 1. The van der Waals surface area contributed by atoms with Crippen molar-refractivity contribution in [3.63, 3.8) is 0 Å². The topological polar surface area (TPSA) is 62.8 Å². The molecule has 0 aliphatic heterocycles. The van der Waals surface area contributed by atoms with Crippen molar-refractivity contribution in [2.24, 2.45) is 0 Å². The molecule has 4 nitrogen and oxygen atoms in total. The van der Waals surface area contributed by atoms with Gasteiger partial charge in [0.25, 0.3) is 5.56 Å². The molecule has 8 heteroatoms. The quantitative estimate of drug-likeness (QED) is 0.708. The number of aromatic nitrogens is 2. The van der Waals surface area contributed by atoms with Crippen LogP contribution in [0.2, 0.25) is 0 Å². The van der Waals surface area contributed by atoms with Crippen LogP contribution < -0.4 is 5.56 Å². The third kappa shape index (κ3) is 10.0. The maximum Gasteiger partial charge on any atom is 0.339 e. The summed E-state index contributed by atoms with van der Waals surface area (Å²) in [6, 6.07) is 12.9. The molecule has 0 aliphatic carbocycles. The van der Waals surface area contributed by atoms with Crippen LogP contribution in [0.15, 0.2) is 47.3 Å². The summed E-state index contributed by atoms with van der Waals surface area (Å²) in [5.74, 6) is 0. The van der Waals surface area contributed by atoms with Gasteiger partial charge in [0, 0.05) is 11.6 Å². The van der Waals surface area contributed by atoms with Gasteiger partial charge in [-0.25, -0.2) is 5.10 Å². The Bertz CT molecular complexity index is 570. The highest BCUT2D eigenvalue weighted by Crippen LogP contribution is 2.61. The molecule has 0 saturated heterocycles. The molecule has 1 aromatic carbocycles. The molecule has 2 aromatic rings. The Kier molecular flexibility index (Phi) is 9.60. The lowest BCUT2D eigenvalue weighted by Gasteiger charge is -1.96. The second-order valence-corrected chi connectivity index (χ2v) is 9.71. The maximum absolute atomic E-state index is 10.7. The van der Waals surface area contributed by atoms with E-state index in [9.17, 15) is 9.36 Å². The number of benzene rings is 1. The summed E-state index contributed by atoms with van der Waals surface area (Å²) in [5.41, 5.74) is 1.60. The Labute approximate surface area is 131 Å². The predicted molar refractivity (Wildman–Crippen MR) is 86.8 cm³/mol. The van der Waals surface area contributed by atoms with Crippen LogP contribution in [0.5, 0.6) is 0 Å². The average Bonchev–Trinajstić information content (AvgIpc) is 2.41. The maximum atomic E-state index is 10.7. The molecule has 0 fully saturated rings. The third-order valence-electron chi connectivity index (χ3n) is 1.75. The van der Waals surface area contributed by atoms with Crippen LogP contribution in [0.3, 0.4) is 0 Å². The molecule has 0 bridgehead atoms. The smallest absolute Gasteiger partial charge is 0.271 e. The Morgan fingerprint density at radius 3 is 1.90 bits per heavy atom. The number of rotatable bonds is 1. The molecule has 0 spiro atoms. The van der Waals surface area contributed by atoms with E-state index < -0.39 is 5.20 Å². The summed E-state index contributed by atoms with van der Waals surface area (Å²) in [6.45, 7) is 4.00. The van der Waals surface area contributed by atoms with Crippen molar-refractivity contribution in [3.8, 4) is 11.3 Å². The molecule has 1 heterocycles. The zero-order valence-corrected chi connectivity index (χ0v) is 14.0. The van der Waals surface area contributed by atoms with Gasteiger partial charge in [-0.3, -0.25) is 9.36 Å². The number of aromatic amines is 1. The fraction of sp³-hybridized carbons (Fsp3) is 0.167. The van der Waals surface area contributed by atoms with E-state index in [2.05, 4.69) is 43.9 Å². The first-order valence-corrected chi connectivity index (χ1v) is 10.1. The predicted octanol–water partition coefficient (Wildman–Crippen LogP) is 5.27. The molecular formula is C12H14Cl3N2O2P. The van der Waals surface area contributed by atoms with Crippen LogP contribution in [0.1, 0.15) is 13.8 Å². The van der Waals surface area contributed by atoms with Gasteiger partial charge in [0.05, 0.1) is 5.69 Å². The molecule has 0 unspecified atom stereocenters. The normalized spacial score (nSPS) is 9.65. The molecule has 1 aromatic heterocycles. The Morgan fingerprint density at radius 2 is 1.50 bits per heavy atom. The molecule has 1 N–H and O–H groups in total. The van der Waals surface area contributed by atoms with Crippen LogP contribution in [0.25, 0.3) is 11.3 Å². The number of halogens is 3. The highest BCUT2D eigenvalue weighted by molar-refractivity contribution is 8.24. The van der Waals surface area contributed by atoms with Gasteiger partial charge >= 0.3 is 5.20 Å². The Hall–Kier alpha value is -0.800. The van der Waals surface area contributed by atoms with Crippen LogP contribution in [-0.2, 0) is 4.57 Å². The van der Waals surface area contributed by atoms with Crippen LogP contribution in [-0.4, -0.2) is 10.2 Å². The number of hydrogen-bond acceptors (Lipinski definition) is 3. The van der Waals surface area contributed by atoms with Crippen LogP contribution in [0, 0.1) is 0 Å².